The molecule has 0 bridgehead atoms. The first-order chi connectivity index (χ1) is 11.1. The van der Waals surface area contributed by atoms with Crippen LogP contribution in [0, 0.1) is 0 Å². The molecule has 122 valence electrons. The van der Waals surface area contributed by atoms with E-state index in [0.717, 1.165) is 12.0 Å². The van der Waals surface area contributed by atoms with Crippen molar-refractivity contribution in [2.45, 2.75) is 19.3 Å². The maximum atomic E-state index is 11.7. The van der Waals surface area contributed by atoms with Gasteiger partial charge in [0.1, 0.15) is 11.5 Å². The standard InChI is InChI=1S/C18H22N2O3/c19-16-4-1-2-5-17(16)23-13-3-6-18(22)20-12-11-14-7-9-15(21)10-8-14/h1-2,4-5,7-10,21H,3,6,11-13,19H2,(H,20,22). The van der Waals surface area contributed by atoms with Crippen LogP contribution in [0.25, 0.3) is 0 Å². The van der Waals surface area contributed by atoms with Gasteiger partial charge in [-0.3, -0.25) is 4.79 Å². The van der Waals surface area contributed by atoms with Crippen LogP contribution in [-0.4, -0.2) is 24.2 Å². The minimum absolute atomic E-state index is 0.00779. The van der Waals surface area contributed by atoms with Crippen molar-refractivity contribution in [3.63, 3.8) is 0 Å². The number of phenolic OH excluding ortho intramolecular Hbond substituents is 1. The molecule has 1 amide bonds. The fourth-order valence-corrected chi connectivity index (χ4v) is 2.12. The SMILES string of the molecule is Nc1ccccc1OCCCC(=O)NCCc1ccc(O)cc1. The number of para-hydroxylation sites is 2. The number of hydrogen-bond donors (Lipinski definition) is 3. The van der Waals surface area contributed by atoms with Crippen molar-refractivity contribution in [3.8, 4) is 11.5 Å². The van der Waals surface area contributed by atoms with Crippen molar-refractivity contribution in [3.05, 3.63) is 54.1 Å². The van der Waals surface area contributed by atoms with Crippen molar-refractivity contribution in [1.29, 1.82) is 0 Å². The lowest BCUT2D eigenvalue weighted by Crippen LogP contribution is -2.25. The second-order valence-corrected chi connectivity index (χ2v) is 5.26. The molecule has 0 saturated heterocycles. The van der Waals surface area contributed by atoms with Crippen LogP contribution in [0.5, 0.6) is 11.5 Å². The maximum absolute atomic E-state index is 11.7. The van der Waals surface area contributed by atoms with Crippen molar-refractivity contribution in [2.75, 3.05) is 18.9 Å². The van der Waals surface area contributed by atoms with Gasteiger partial charge in [0.25, 0.3) is 0 Å². The van der Waals surface area contributed by atoms with E-state index < -0.39 is 0 Å². The Labute approximate surface area is 136 Å². The summed E-state index contributed by atoms with van der Waals surface area (Å²) in [7, 11) is 0. The largest absolute Gasteiger partial charge is 0.508 e. The van der Waals surface area contributed by atoms with Gasteiger partial charge in [-0.2, -0.15) is 0 Å². The van der Waals surface area contributed by atoms with Gasteiger partial charge in [-0.05, 0) is 42.7 Å². The Bertz CT molecular complexity index is 626. The number of hydrogen-bond acceptors (Lipinski definition) is 4. The molecule has 4 N–H and O–H groups in total. The predicted octanol–water partition coefficient (Wildman–Crippen LogP) is 2.49. The quantitative estimate of drug-likeness (QED) is 0.516. The maximum Gasteiger partial charge on any atom is 0.220 e. The first kappa shape index (κ1) is 16.7. The number of carbonyl (C=O) groups excluding carboxylic acids is 1. The van der Waals surface area contributed by atoms with Gasteiger partial charge in [0.2, 0.25) is 5.91 Å². The lowest BCUT2D eigenvalue weighted by Gasteiger charge is -2.09. The van der Waals surface area contributed by atoms with Crippen molar-refractivity contribution >= 4 is 11.6 Å². The number of nitrogens with two attached hydrogens (primary N) is 1. The molecule has 0 aliphatic rings. The Balaban J connectivity index is 1.58. The van der Waals surface area contributed by atoms with E-state index in [2.05, 4.69) is 5.32 Å². The first-order valence-electron chi connectivity index (χ1n) is 7.67. The van der Waals surface area contributed by atoms with Gasteiger partial charge in [-0.25, -0.2) is 0 Å². The Morgan fingerprint density at radius 1 is 1.13 bits per heavy atom. The van der Waals surface area contributed by atoms with Crippen molar-refractivity contribution in [2.24, 2.45) is 0 Å². The third kappa shape index (κ3) is 5.90. The molecule has 5 nitrogen and oxygen atoms in total. The summed E-state index contributed by atoms with van der Waals surface area (Å²) in [6.45, 7) is 1.04. The van der Waals surface area contributed by atoms with Gasteiger partial charge in [0.15, 0.2) is 0 Å². The van der Waals surface area contributed by atoms with Gasteiger partial charge in [0, 0.05) is 13.0 Å². The van der Waals surface area contributed by atoms with Gasteiger partial charge >= 0.3 is 0 Å². The third-order valence-corrected chi connectivity index (χ3v) is 3.40. The number of nitrogens with one attached hydrogen (secondary N) is 1. The predicted molar refractivity (Wildman–Crippen MR) is 90.4 cm³/mol. The fraction of sp³-hybridized carbons (Fsp3) is 0.278. The van der Waals surface area contributed by atoms with E-state index in [4.69, 9.17) is 10.5 Å². The second kappa shape index (κ2) is 8.68. The lowest BCUT2D eigenvalue weighted by atomic mass is 10.1. The number of rotatable bonds is 8. The Hall–Kier alpha value is -2.69. The third-order valence-electron chi connectivity index (χ3n) is 3.40. The summed E-state index contributed by atoms with van der Waals surface area (Å²) in [5.74, 6) is 0.908. The Morgan fingerprint density at radius 3 is 2.61 bits per heavy atom. The van der Waals surface area contributed by atoms with E-state index >= 15 is 0 Å². The van der Waals surface area contributed by atoms with Gasteiger partial charge in [-0.1, -0.05) is 24.3 Å². The topological polar surface area (TPSA) is 84.6 Å². The Kier molecular flexibility index (Phi) is 6.29. The second-order valence-electron chi connectivity index (χ2n) is 5.26. The average Bonchev–Trinajstić information content (AvgIpc) is 2.55. The molecule has 0 heterocycles. The summed E-state index contributed by atoms with van der Waals surface area (Å²) in [6, 6.07) is 14.3. The van der Waals surface area contributed by atoms with Crippen LogP contribution in [0.2, 0.25) is 0 Å². The van der Waals surface area contributed by atoms with E-state index in [1.54, 1.807) is 18.2 Å². The number of ether oxygens (including phenoxy) is 1. The zero-order valence-corrected chi connectivity index (χ0v) is 13.0. The monoisotopic (exact) mass is 314 g/mol. The summed E-state index contributed by atoms with van der Waals surface area (Å²) in [6.07, 6.45) is 1.80. The number of aromatic hydroxyl groups is 1. The van der Waals surface area contributed by atoms with E-state index in [0.29, 0.717) is 37.4 Å². The molecule has 2 aromatic rings. The number of phenols is 1. The van der Waals surface area contributed by atoms with Crippen LogP contribution in [0.1, 0.15) is 18.4 Å². The highest BCUT2D eigenvalue weighted by Crippen LogP contribution is 2.19. The highest BCUT2D eigenvalue weighted by Gasteiger charge is 2.03. The molecule has 0 unspecified atom stereocenters. The summed E-state index contributed by atoms with van der Waals surface area (Å²) in [5, 5.41) is 12.1. The molecule has 0 radical (unpaired) electrons. The molecule has 0 saturated carbocycles. The van der Waals surface area contributed by atoms with Gasteiger partial charge in [0.05, 0.1) is 12.3 Å². The molecule has 0 atom stereocenters. The number of carbonyl (C=O) groups is 1. The molecule has 2 aromatic carbocycles. The number of amides is 1. The van der Waals surface area contributed by atoms with E-state index in [1.165, 1.54) is 0 Å². The van der Waals surface area contributed by atoms with E-state index in [9.17, 15) is 9.90 Å². The fourth-order valence-electron chi connectivity index (χ4n) is 2.12. The summed E-state index contributed by atoms with van der Waals surface area (Å²) >= 11 is 0. The number of nitrogen functional groups attached to an aromatic ring is 1. The van der Waals surface area contributed by atoms with E-state index in [1.807, 2.05) is 30.3 Å². The van der Waals surface area contributed by atoms with Gasteiger partial charge < -0.3 is 20.9 Å². The smallest absolute Gasteiger partial charge is 0.220 e. The highest BCUT2D eigenvalue weighted by atomic mass is 16.5. The van der Waals surface area contributed by atoms with Crippen LogP contribution in [0.4, 0.5) is 5.69 Å². The number of anilines is 1. The first-order valence-corrected chi connectivity index (χ1v) is 7.67. The molecule has 0 spiro atoms. The van der Waals surface area contributed by atoms with Crippen molar-refractivity contribution < 1.29 is 14.6 Å². The van der Waals surface area contributed by atoms with Gasteiger partial charge in [-0.15, -0.1) is 0 Å². The molecule has 5 heteroatoms. The molecular formula is C18H22N2O3. The number of benzene rings is 2. The zero-order chi connectivity index (χ0) is 16.5. The highest BCUT2D eigenvalue weighted by molar-refractivity contribution is 5.75. The molecule has 0 fully saturated rings. The molecular weight excluding hydrogens is 292 g/mol. The molecule has 2 rings (SSSR count). The van der Waals surface area contributed by atoms with Crippen LogP contribution in [-0.2, 0) is 11.2 Å². The molecule has 23 heavy (non-hydrogen) atoms. The van der Waals surface area contributed by atoms with Crippen LogP contribution >= 0.6 is 0 Å². The van der Waals surface area contributed by atoms with E-state index in [-0.39, 0.29) is 11.7 Å². The Morgan fingerprint density at radius 2 is 1.87 bits per heavy atom. The minimum Gasteiger partial charge on any atom is -0.508 e. The normalized spacial score (nSPS) is 10.3. The molecule has 0 aromatic heterocycles. The molecule has 0 aliphatic heterocycles. The summed E-state index contributed by atoms with van der Waals surface area (Å²) in [5.41, 5.74) is 7.45. The van der Waals surface area contributed by atoms with Crippen molar-refractivity contribution in [1.82, 2.24) is 5.32 Å². The van der Waals surface area contributed by atoms with Crippen LogP contribution in [0.3, 0.4) is 0 Å². The van der Waals surface area contributed by atoms with Crippen LogP contribution in [0.15, 0.2) is 48.5 Å². The average molecular weight is 314 g/mol. The zero-order valence-electron chi connectivity index (χ0n) is 13.0. The lowest BCUT2D eigenvalue weighted by molar-refractivity contribution is -0.121. The summed E-state index contributed by atoms with van der Waals surface area (Å²) in [4.78, 5) is 11.7. The van der Waals surface area contributed by atoms with Crippen LogP contribution < -0.4 is 15.8 Å². The molecule has 0 aliphatic carbocycles. The summed E-state index contributed by atoms with van der Waals surface area (Å²) < 4.78 is 5.54. The minimum atomic E-state index is 0.00779.